The highest BCUT2D eigenvalue weighted by molar-refractivity contribution is 6.31. The van der Waals surface area contributed by atoms with Crippen molar-refractivity contribution in [1.82, 2.24) is 0 Å². The molecule has 1 aromatic carbocycles. The quantitative estimate of drug-likeness (QED) is 0.766. The summed E-state index contributed by atoms with van der Waals surface area (Å²) in [4.78, 5) is 0. The third-order valence-electron chi connectivity index (χ3n) is 1.97. The van der Waals surface area contributed by atoms with Gasteiger partial charge in [0.25, 0.3) is 0 Å². The zero-order valence-corrected chi connectivity index (χ0v) is 8.55. The van der Waals surface area contributed by atoms with Crippen LogP contribution in [0.25, 0.3) is 0 Å². The van der Waals surface area contributed by atoms with Gasteiger partial charge in [-0.25, -0.2) is 0 Å². The number of nitrogens with two attached hydrogens (primary N) is 1. The summed E-state index contributed by atoms with van der Waals surface area (Å²) in [7, 11) is 0. The number of halogens is 1. The number of rotatable bonds is 2. The van der Waals surface area contributed by atoms with Gasteiger partial charge in [-0.3, -0.25) is 0 Å². The first-order chi connectivity index (χ1) is 6.02. The van der Waals surface area contributed by atoms with Crippen molar-refractivity contribution in [3.63, 3.8) is 0 Å². The van der Waals surface area contributed by atoms with E-state index < -0.39 is 6.10 Å². The topological polar surface area (TPSA) is 46.2 Å². The van der Waals surface area contributed by atoms with E-state index in [0.717, 1.165) is 5.56 Å². The summed E-state index contributed by atoms with van der Waals surface area (Å²) in [5.74, 6) is 0. The molecule has 1 rings (SSSR count). The Labute approximate surface area is 83.3 Å². The molecule has 2 atom stereocenters. The predicted octanol–water partition coefficient (Wildman–Crippen LogP) is 2.03. The molecule has 0 saturated heterocycles. The van der Waals surface area contributed by atoms with Crippen LogP contribution >= 0.6 is 11.6 Å². The van der Waals surface area contributed by atoms with E-state index in [1.165, 1.54) is 0 Å². The second-order valence-electron chi connectivity index (χ2n) is 3.33. The second-order valence-corrected chi connectivity index (χ2v) is 3.74. The molecule has 3 heteroatoms. The smallest absolute Gasteiger partial charge is 0.0952 e. The fourth-order valence-electron chi connectivity index (χ4n) is 1.17. The second kappa shape index (κ2) is 4.09. The summed E-state index contributed by atoms with van der Waals surface area (Å²) in [6, 6.07) is 5.23. The summed E-state index contributed by atoms with van der Waals surface area (Å²) in [5.41, 5.74) is 7.35. The van der Waals surface area contributed by atoms with Crippen LogP contribution in [0.2, 0.25) is 5.02 Å². The monoisotopic (exact) mass is 199 g/mol. The highest BCUT2D eigenvalue weighted by Crippen LogP contribution is 2.25. The lowest BCUT2D eigenvalue weighted by molar-refractivity contribution is 0.153. The van der Waals surface area contributed by atoms with E-state index in [2.05, 4.69) is 0 Å². The largest absolute Gasteiger partial charge is 0.387 e. The minimum absolute atomic E-state index is 0.306. The van der Waals surface area contributed by atoms with Crippen LogP contribution in [-0.4, -0.2) is 11.1 Å². The van der Waals surface area contributed by atoms with Crippen LogP contribution in [0, 0.1) is 6.92 Å². The van der Waals surface area contributed by atoms with Gasteiger partial charge < -0.3 is 10.8 Å². The van der Waals surface area contributed by atoms with Gasteiger partial charge in [0.2, 0.25) is 0 Å². The standard InChI is InChI=1S/C10H14ClNO/c1-6-3-4-9(11)8(5-6)10(13)7(2)12/h3-5,7,10,13H,12H2,1-2H3/t7-,10-/m1/s1. The van der Waals surface area contributed by atoms with Gasteiger partial charge >= 0.3 is 0 Å². The predicted molar refractivity (Wildman–Crippen MR) is 54.8 cm³/mol. The normalized spacial score (nSPS) is 15.5. The Balaban J connectivity index is 3.05. The summed E-state index contributed by atoms with van der Waals surface area (Å²) < 4.78 is 0. The maximum Gasteiger partial charge on any atom is 0.0952 e. The minimum Gasteiger partial charge on any atom is -0.387 e. The summed E-state index contributed by atoms with van der Waals surface area (Å²) >= 11 is 5.92. The average Bonchev–Trinajstić information content (AvgIpc) is 2.08. The number of hydrogen-bond donors (Lipinski definition) is 2. The highest BCUT2D eigenvalue weighted by atomic mass is 35.5. The van der Waals surface area contributed by atoms with Crippen molar-refractivity contribution in [2.24, 2.45) is 5.73 Å². The Morgan fingerprint density at radius 3 is 2.62 bits per heavy atom. The van der Waals surface area contributed by atoms with Crippen LogP contribution in [0.15, 0.2) is 18.2 Å². The molecule has 0 heterocycles. The molecule has 0 fully saturated rings. The first-order valence-electron chi connectivity index (χ1n) is 4.22. The Bertz CT molecular complexity index is 299. The SMILES string of the molecule is Cc1ccc(Cl)c([C@H](O)[C@@H](C)N)c1. The highest BCUT2D eigenvalue weighted by Gasteiger charge is 2.15. The molecule has 0 amide bonds. The lowest BCUT2D eigenvalue weighted by Crippen LogP contribution is -2.24. The summed E-state index contributed by atoms with van der Waals surface area (Å²) in [6.45, 7) is 3.71. The van der Waals surface area contributed by atoms with Crippen molar-refractivity contribution >= 4 is 11.6 Å². The van der Waals surface area contributed by atoms with Gasteiger partial charge in [0.1, 0.15) is 0 Å². The van der Waals surface area contributed by atoms with E-state index in [4.69, 9.17) is 17.3 Å². The molecule has 0 bridgehead atoms. The number of aliphatic hydroxyl groups excluding tert-OH is 1. The van der Waals surface area contributed by atoms with Crippen LogP contribution in [0.5, 0.6) is 0 Å². The molecule has 0 aliphatic rings. The summed E-state index contributed by atoms with van der Waals surface area (Å²) in [5, 5.41) is 10.3. The van der Waals surface area contributed by atoms with Gasteiger partial charge in [-0.05, 0) is 19.9 Å². The molecule has 2 nitrogen and oxygen atoms in total. The minimum atomic E-state index is -0.688. The third kappa shape index (κ3) is 2.44. The number of aryl methyl sites for hydroxylation is 1. The number of aliphatic hydroxyl groups is 1. The first-order valence-corrected chi connectivity index (χ1v) is 4.60. The molecule has 0 radical (unpaired) electrons. The molecule has 72 valence electrons. The molecule has 0 unspecified atom stereocenters. The Morgan fingerprint density at radius 2 is 2.08 bits per heavy atom. The van der Waals surface area contributed by atoms with Crippen molar-refractivity contribution < 1.29 is 5.11 Å². The molecule has 0 saturated carbocycles. The van der Waals surface area contributed by atoms with Crippen molar-refractivity contribution in [3.8, 4) is 0 Å². The molecular weight excluding hydrogens is 186 g/mol. The Hall–Kier alpha value is -0.570. The van der Waals surface area contributed by atoms with Crippen LogP contribution in [-0.2, 0) is 0 Å². The van der Waals surface area contributed by atoms with Crippen molar-refractivity contribution in [2.45, 2.75) is 26.0 Å². The van der Waals surface area contributed by atoms with Crippen molar-refractivity contribution in [3.05, 3.63) is 34.3 Å². The fraction of sp³-hybridized carbons (Fsp3) is 0.400. The first kappa shape index (κ1) is 10.5. The van der Waals surface area contributed by atoms with Gasteiger partial charge in [0.05, 0.1) is 6.10 Å². The zero-order valence-electron chi connectivity index (χ0n) is 7.79. The fourth-order valence-corrected chi connectivity index (χ4v) is 1.40. The molecule has 0 aromatic heterocycles. The Kier molecular flexibility index (Phi) is 3.31. The van der Waals surface area contributed by atoms with Gasteiger partial charge in [-0.15, -0.1) is 0 Å². The number of hydrogen-bond acceptors (Lipinski definition) is 2. The molecule has 1 aromatic rings. The van der Waals surface area contributed by atoms with Crippen LogP contribution in [0.3, 0.4) is 0 Å². The maximum atomic E-state index is 9.69. The molecule has 0 aliphatic carbocycles. The lowest BCUT2D eigenvalue weighted by Gasteiger charge is -2.16. The Morgan fingerprint density at radius 1 is 1.46 bits per heavy atom. The average molecular weight is 200 g/mol. The summed E-state index contributed by atoms with van der Waals surface area (Å²) in [6.07, 6.45) is -0.688. The maximum absolute atomic E-state index is 9.69. The van der Waals surface area contributed by atoms with Gasteiger partial charge in [0, 0.05) is 16.6 Å². The van der Waals surface area contributed by atoms with Crippen LogP contribution < -0.4 is 5.73 Å². The molecular formula is C10H14ClNO. The van der Waals surface area contributed by atoms with Crippen LogP contribution in [0.4, 0.5) is 0 Å². The van der Waals surface area contributed by atoms with Gasteiger partial charge in [-0.1, -0.05) is 29.3 Å². The van der Waals surface area contributed by atoms with Gasteiger partial charge in [0.15, 0.2) is 0 Å². The van der Waals surface area contributed by atoms with E-state index >= 15 is 0 Å². The molecule has 13 heavy (non-hydrogen) atoms. The van der Waals surface area contributed by atoms with E-state index in [1.54, 1.807) is 13.0 Å². The zero-order chi connectivity index (χ0) is 10.0. The van der Waals surface area contributed by atoms with Gasteiger partial charge in [-0.2, -0.15) is 0 Å². The lowest BCUT2D eigenvalue weighted by atomic mass is 10.0. The van der Waals surface area contributed by atoms with E-state index in [1.807, 2.05) is 19.1 Å². The van der Waals surface area contributed by atoms with E-state index in [9.17, 15) is 5.11 Å². The van der Waals surface area contributed by atoms with E-state index in [-0.39, 0.29) is 6.04 Å². The number of benzene rings is 1. The van der Waals surface area contributed by atoms with E-state index in [0.29, 0.717) is 10.6 Å². The van der Waals surface area contributed by atoms with Crippen molar-refractivity contribution in [2.75, 3.05) is 0 Å². The molecule has 0 spiro atoms. The van der Waals surface area contributed by atoms with Crippen LogP contribution in [0.1, 0.15) is 24.2 Å². The van der Waals surface area contributed by atoms with Crippen molar-refractivity contribution in [1.29, 1.82) is 0 Å². The molecule has 0 aliphatic heterocycles. The molecule has 3 N–H and O–H groups in total. The third-order valence-corrected chi connectivity index (χ3v) is 2.31.